The summed E-state index contributed by atoms with van der Waals surface area (Å²) < 4.78 is 0. The van der Waals surface area contributed by atoms with Crippen molar-refractivity contribution in [2.75, 3.05) is 6.61 Å². The maximum atomic E-state index is 9.91. The molecule has 0 aromatic rings. The lowest BCUT2D eigenvalue weighted by Gasteiger charge is -2.38. The molecule has 0 aromatic heterocycles. The van der Waals surface area contributed by atoms with Crippen LogP contribution in [0, 0.1) is 17.8 Å². The highest BCUT2D eigenvalue weighted by Crippen LogP contribution is 2.35. The summed E-state index contributed by atoms with van der Waals surface area (Å²) in [5.74, 6) is 0.370. The summed E-state index contributed by atoms with van der Waals surface area (Å²) in [5.41, 5.74) is 0. The molecule has 0 spiro atoms. The second-order valence-electron chi connectivity index (χ2n) is 5.25. The molecule has 1 saturated carbocycles. The number of hydrogen-bond acceptors (Lipinski definition) is 4. The maximum Gasteiger partial charge on any atom is 0.103 e. The van der Waals surface area contributed by atoms with Crippen LogP contribution in [0.3, 0.4) is 0 Å². The van der Waals surface area contributed by atoms with Gasteiger partial charge in [0.2, 0.25) is 0 Å². The molecule has 16 heavy (non-hydrogen) atoms. The highest BCUT2D eigenvalue weighted by Gasteiger charge is 2.36. The first-order chi connectivity index (χ1) is 7.47. The Morgan fingerprint density at radius 1 is 1.25 bits per heavy atom. The van der Waals surface area contributed by atoms with Crippen LogP contribution >= 0.6 is 0 Å². The van der Waals surface area contributed by atoms with Gasteiger partial charge < -0.3 is 20.4 Å². The SMILES string of the molecule is C[C@@H]1CC[C@@H](O)C([C@@H](C)[C@@H](O)[C@H](O)CO)C1. The van der Waals surface area contributed by atoms with E-state index in [0.717, 1.165) is 19.3 Å². The average Bonchev–Trinajstić information content (AvgIpc) is 2.29. The molecule has 1 aliphatic rings. The zero-order chi connectivity index (χ0) is 12.3. The third-order valence-electron chi connectivity index (χ3n) is 3.92. The molecule has 1 fully saturated rings. The van der Waals surface area contributed by atoms with Gasteiger partial charge in [0.05, 0.1) is 18.8 Å². The van der Waals surface area contributed by atoms with Gasteiger partial charge in [-0.2, -0.15) is 0 Å². The van der Waals surface area contributed by atoms with Gasteiger partial charge in [0, 0.05) is 0 Å². The van der Waals surface area contributed by atoms with E-state index in [1.54, 1.807) is 0 Å². The Morgan fingerprint density at radius 3 is 2.44 bits per heavy atom. The second-order valence-corrected chi connectivity index (χ2v) is 5.25. The summed E-state index contributed by atoms with van der Waals surface area (Å²) in [6.45, 7) is 3.53. The molecule has 1 aliphatic carbocycles. The van der Waals surface area contributed by atoms with Crippen LogP contribution in [0.15, 0.2) is 0 Å². The molecule has 0 heterocycles. The van der Waals surface area contributed by atoms with E-state index < -0.39 is 24.9 Å². The van der Waals surface area contributed by atoms with Gasteiger partial charge >= 0.3 is 0 Å². The van der Waals surface area contributed by atoms with Gasteiger partial charge in [-0.15, -0.1) is 0 Å². The summed E-state index contributed by atoms with van der Waals surface area (Å²) in [7, 11) is 0. The van der Waals surface area contributed by atoms with Gasteiger partial charge in [0.15, 0.2) is 0 Å². The highest BCUT2D eigenvalue weighted by molar-refractivity contribution is 4.86. The van der Waals surface area contributed by atoms with Gasteiger partial charge in [-0.05, 0) is 37.0 Å². The standard InChI is InChI=1S/C12H24O4/c1-7-3-4-10(14)9(5-7)8(2)12(16)11(15)6-13/h7-16H,3-6H2,1-2H3/t7-,8-,9?,10-,11-,12-/m1/s1. The predicted molar refractivity (Wildman–Crippen MR) is 60.8 cm³/mol. The zero-order valence-electron chi connectivity index (χ0n) is 10.1. The molecule has 1 rings (SSSR count). The average molecular weight is 232 g/mol. The van der Waals surface area contributed by atoms with Crippen molar-refractivity contribution in [3.05, 3.63) is 0 Å². The van der Waals surface area contributed by atoms with Gasteiger partial charge in [0.25, 0.3) is 0 Å². The van der Waals surface area contributed by atoms with Crippen LogP contribution in [0.1, 0.15) is 33.1 Å². The molecule has 0 aliphatic heterocycles. The van der Waals surface area contributed by atoms with E-state index in [1.807, 2.05) is 6.92 Å². The van der Waals surface area contributed by atoms with Crippen LogP contribution in [0.5, 0.6) is 0 Å². The van der Waals surface area contributed by atoms with Crippen LogP contribution in [-0.2, 0) is 0 Å². The predicted octanol–water partition coefficient (Wildman–Crippen LogP) is 0.134. The third-order valence-corrected chi connectivity index (χ3v) is 3.92. The normalized spacial score (nSPS) is 36.8. The van der Waals surface area contributed by atoms with E-state index in [0.29, 0.717) is 5.92 Å². The molecular weight excluding hydrogens is 208 g/mol. The van der Waals surface area contributed by atoms with Crippen LogP contribution in [0.25, 0.3) is 0 Å². The largest absolute Gasteiger partial charge is 0.394 e. The van der Waals surface area contributed by atoms with Crippen LogP contribution in [0.4, 0.5) is 0 Å². The first-order valence-corrected chi connectivity index (χ1v) is 6.12. The molecule has 4 N–H and O–H groups in total. The maximum absolute atomic E-state index is 9.91. The van der Waals surface area contributed by atoms with E-state index in [9.17, 15) is 15.3 Å². The van der Waals surface area contributed by atoms with Crippen molar-refractivity contribution in [3.8, 4) is 0 Å². The van der Waals surface area contributed by atoms with E-state index in [2.05, 4.69) is 6.92 Å². The summed E-state index contributed by atoms with van der Waals surface area (Å²) >= 11 is 0. The second kappa shape index (κ2) is 5.96. The van der Waals surface area contributed by atoms with Crippen molar-refractivity contribution in [2.45, 2.75) is 51.4 Å². The lowest BCUT2D eigenvalue weighted by atomic mass is 9.72. The minimum atomic E-state index is -1.11. The Balaban J connectivity index is 2.60. The van der Waals surface area contributed by atoms with Crippen molar-refractivity contribution in [1.29, 1.82) is 0 Å². The lowest BCUT2D eigenvalue weighted by Crippen LogP contribution is -2.43. The van der Waals surface area contributed by atoms with Crippen LogP contribution < -0.4 is 0 Å². The van der Waals surface area contributed by atoms with E-state index in [-0.39, 0.29) is 11.8 Å². The third kappa shape index (κ3) is 3.17. The molecule has 0 aromatic carbocycles. The van der Waals surface area contributed by atoms with E-state index in [1.165, 1.54) is 0 Å². The molecule has 4 nitrogen and oxygen atoms in total. The molecule has 0 amide bonds. The van der Waals surface area contributed by atoms with Gasteiger partial charge in [0.1, 0.15) is 6.10 Å². The van der Waals surface area contributed by atoms with E-state index in [4.69, 9.17) is 5.11 Å². The first-order valence-electron chi connectivity index (χ1n) is 6.12. The quantitative estimate of drug-likeness (QED) is 0.555. The van der Waals surface area contributed by atoms with Crippen molar-refractivity contribution in [3.63, 3.8) is 0 Å². The van der Waals surface area contributed by atoms with Gasteiger partial charge in [-0.3, -0.25) is 0 Å². The number of aliphatic hydroxyl groups is 4. The Morgan fingerprint density at radius 2 is 1.88 bits per heavy atom. The molecule has 0 radical (unpaired) electrons. The smallest absolute Gasteiger partial charge is 0.103 e. The highest BCUT2D eigenvalue weighted by atomic mass is 16.4. The topological polar surface area (TPSA) is 80.9 Å². The molecule has 0 bridgehead atoms. The molecule has 4 heteroatoms. The molecule has 0 saturated heterocycles. The zero-order valence-corrected chi connectivity index (χ0v) is 10.1. The van der Waals surface area contributed by atoms with Crippen LogP contribution in [0.2, 0.25) is 0 Å². The molecular formula is C12H24O4. The minimum Gasteiger partial charge on any atom is -0.394 e. The fourth-order valence-corrected chi connectivity index (χ4v) is 2.69. The molecule has 96 valence electrons. The fourth-order valence-electron chi connectivity index (χ4n) is 2.69. The number of hydrogen-bond donors (Lipinski definition) is 4. The van der Waals surface area contributed by atoms with Gasteiger partial charge in [-0.1, -0.05) is 13.8 Å². The Labute approximate surface area is 96.9 Å². The van der Waals surface area contributed by atoms with Crippen molar-refractivity contribution in [1.82, 2.24) is 0 Å². The summed E-state index contributed by atoms with van der Waals surface area (Å²) in [4.78, 5) is 0. The monoisotopic (exact) mass is 232 g/mol. The number of aliphatic hydroxyl groups excluding tert-OH is 4. The summed E-state index contributed by atoms with van der Waals surface area (Å²) in [5, 5.41) is 37.9. The first kappa shape index (κ1) is 13.9. The summed E-state index contributed by atoms with van der Waals surface area (Å²) in [6, 6.07) is 0. The van der Waals surface area contributed by atoms with Crippen molar-refractivity contribution in [2.24, 2.45) is 17.8 Å². The Bertz CT molecular complexity index is 209. The summed E-state index contributed by atoms with van der Waals surface area (Å²) in [6.07, 6.45) is 0.180. The fraction of sp³-hybridized carbons (Fsp3) is 1.00. The van der Waals surface area contributed by atoms with Crippen LogP contribution in [-0.4, -0.2) is 45.3 Å². The van der Waals surface area contributed by atoms with Crippen molar-refractivity contribution < 1.29 is 20.4 Å². The molecule has 1 unspecified atom stereocenters. The van der Waals surface area contributed by atoms with Gasteiger partial charge in [-0.25, -0.2) is 0 Å². The number of rotatable bonds is 4. The lowest BCUT2D eigenvalue weighted by molar-refractivity contribution is -0.0796. The Hall–Kier alpha value is -0.160. The van der Waals surface area contributed by atoms with Crippen molar-refractivity contribution >= 4 is 0 Å². The Kier molecular flexibility index (Phi) is 5.18. The van der Waals surface area contributed by atoms with E-state index >= 15 is 0 Å². The molecule has 6 atom stereocenters. The minimum absolute atomic E-state index is 0.0138.